The summed E-state index contributed by atoms with van der Waals surface area (Å²) in [5.41, 5.74) is -0.719. The van der Waals surface area contributed by atoms with Gasteiger partial charge in [0.15, 0.2) is 0 Å². The molecule has 0 rings (SSSR count). The molecule has 0 bridgehead atoms. The lowest BCUT2D eigenvalue weighted by Crippen LogP contribution is -2.45. The predicted octanol–water partition coefficient (Wildman–Crippen LogP) is 1.20. The fourth-order valence-corrected chi connectivity index (χ4v) is 2.49. The van der Waals surface area contributed by atoms with E-state index in [1.807, 2.05) is 20.8 Å². The molecule has 0 aromatic carbocycles. The summed E-state index contributed by atoms with van der Waals surface area (Å²) >= 11 is 0. The molecule has 1 unspecified atom stereocenters. The molecule has 0 aliphatic carbocycles. The van der Waals surface area contributed by atoms with Crippen LogP contribution in [0.2, 0.25) is 0 Å². The Balaban J connectivity index is 4.26. The molecule has 0 aromatic rings. The number of amides is 3. The minimum absolute atomic E-state index is 0.0323. The van der Waals surface area contributed by atoms with Crippen molar-refractivity contribution in [2.45, 2.75) is 59.9 Å². The molecule has 8 heteroatoms. The zero-order chi connectivity index (χ0) is 20.9. The molecular weight excluding hydrogens is 350 g/mol. The van der Waals surface area contributed by atoms with Gasteiger partial charge in [-0.2, -0.15) is 0 Å². The Morgan fingerprint density at radius 1 is 1.04 bits per heavy atom. The van der Waals surface area contributed by atoms with Crippen molar-refractivity contribution in [2.24, 2.45) is 11.3 Å². The maximum absolute atomic E-state index is 12.4. The second kappa shape index (κ2) is 13.5. The molecule has 3 N–H and O–H groups in total. The third-order valence-electron chi connectivity index (χ3n) is 4.11. The molecule has 27 heavy (non-hydrogen) atoms. The zero-order valence-electron chi connectivity index (χ0n) is 17.6. The van der Waals surface area contributed by atoms with E-state index in [0.29, 0.717) is 32.7 Å². The van der Waals surface area contributed by atoms with E-state index >= 15 is 0 Å². The Morgan fingerprint density at radius 2 is 1.70 bits per heavy atom. The highest BCUT2D eigenvalue weighted by Crippen LogP contribution is 2.27. The van der Waals surface area contributed by atoms with Crippen molar-refractivity contribution < 1.29 is 23.9 Å². The van der Waals surface area contributed by atoms with Crippen LogP contribution in [0, 0.1) is 11.3 Å². The van der Waals surface area contributed by atoms with Gasteiger partial charge in [-0.3, -0.25) is 14.4 Å². The van der Waals surface area contributed by atoms with Gasteiger partial charge in [0, 0.05) is 24.5 Å². The first kappa shape index (κ1) is 25.3. The van der Waals surface area contributed by atoms with Gasteiger partial charge in [0.25, 0.3) is 0 Å². The number of hydrogen-bond acceptors (Lipinski definition) is 5. The van der Waals surface area contributed by atoms with Crippen LogP contribution in [0.3, 0.4) is 0 Å². The molecule has 0 spiro atoms. The van der Waals surface area contributed by atoms with Crippen molar-refractivity contribution in [1.82, 2.24) is 16.0 Å². The minimum Gasteiger partial charge on any atom is -0.382 e. The Bertz CT molecular complexity index is 466. The lowest BCUT2D eigenvalue weighted by Gasteiger charge is -2.28. The highest BCUT2D eigenvalue weighted by atomic mass is 16.5. The van der Waals surface area contributed by atoms with Gasteiger partial charge in [-0.25, -0.2) is 0 Å². The molecule has 3 amide bonds. The molecule has 0 aliphatic rings. The van der Waals surface area contributed by atoms with Gasteiger partial charge >= 0.3 is 0 Å². The van der Waals surface area contributed by atoms with Crippen LogP contribution >= 0.6 is 0 Å². The summed E-state index contributed by atoms with van der Waals surface area (Å²) in [6.07, 6.45) is 1.32. The van der Waals surface area contributed by atoms with E-state index in [2.05, 4.69) is 16.0 Å². The lowest BCUT2D eigenvalue weighted by molar-refractivity contribution is -0.132. The highest BCUT2D eigenvalue weighted by molar-refractivity contribution is 5.84. The van der Waals surface area contributed by atoms with Crippen molar-refractivity contribution in [3.63, 3.8) is 0 Å². The summed E-state index contributed by atoms with van der Waals surface area (Å²) in [6.45, 7) is 10.7. The van der Waals surface area contributed by atoms with E-state index in [1.54, 1.807) is 21.0 Å². The first-order chi connectivity index (χ1) is 12.6. The zero-order valence-corrected chi connectivity index (χ0v) is 17.6. The Hall–Kier alpha value is -1.67. The van der Waals surface area contributed by atoms with E-state index in [-0.39, 0.29) is 42.8 Å². The molecule has 0 heterocycles. The van der Waals surface area contributed by atoms with Gasteiger partial charge < -0.3 is 25.4 Å². The largest absolute Gasteiger partial charge is 0.382 e. The third kappa shape index (κ3) is 11.6. The molecular formula is C19H37N3O5. The van der Waals surface area contributed by atoms with E-state index in [1.165, 1.54) is 0 Å². The molecule has 0 saturated heterocycles. The maximum Gasteiger partial charge on any atom is 0.227 e. The van der Waals surface area contributed by atoms with Crippen molar-refractivity contribution in [2.75, 3.05) is 33.6 Å². The molecule has 0 radical (unpaired) electrons. The predicted molar refractivity (Wildman–Crippen MR) is 104 cm³/mol. The SMILES string of the molecule is CCC(CC(C)(C)C(=O)NCNC(=O)CCOCCOC)C(=O)NC(C)C. The topological polar surface area (TPSA) is 106 Å². The summed E-state index contributed by atoms with van der Waals surface area (Å²) in [4.78, 5) is 36.4. The number of methoxy groups -OCH3 is 1. The average Bonchev–Trinajstić information content (AvgIpc) is 2.58. The second-order valence-electron chi connectivity index (χ2n) is 7.49. The van der Waals surface area contributed by atoms with Crippen LogP contribution in [0.25, 0.3) is 0 Å². The van der Waals surface area contributed by atoms with Crippen LogP contribution in [0.4, 0.5) is 0 Å². The standard InChI is InChI=1S/C19H37N3O5/c1-7-15(17(24)22-14(2)3)12-19(4,5)18(25)21-13-20-16(23)8-9-27-11-10-26-6/h14-15H,7-13H2,1-6H3,(H,20,23)(H,21,25)(H,22,24). The fourth-order valence-electron chi connectivity index (χ4n) is 2.49. The smallest absolute Gasteiger partial charge is 0.227 e. The van der Waals surface area contributed by atoms with Gasteiger partial charge in [0.1, 0.15) is 0 Å². The van der Waals surface area contributed by atoms with Gasteiger partial charge in [0.2, 0.25) is 17.7 Å². The van der Waals surface area contributed by atoms with Crippen molar-refractivity contribution in [3.8, 4) is 0 Å². The number of hydrogen-bond donors (Lipinski definition) is 3. The number of ether oxygens (including phenoxy) is 2. The Kier molecular flexibility index (Phi) is 12.7. The fraction of sp³-hybridized carbons (Fsp3) is 0.842. The van der Waals surface area contributed by atoms with Gasteiger partial charge in [-0.15, -0.1) is 0 Å². The van der Waals surface area contributed by atoms with Crippen molar-refractivity contribution in [1.29, 1.82) is 0 Å². The van der Waals surface area contributed by atoms with E-state index in [9.17, 15) is 14.4 Å². The summed E-state index contributed by atoms with van der Waals surface area (Å²) in [5, 5.41) is 8.24. The third-order valence-corrected chi connectivity index (χ3v) is 4.11. The van der Waals surface area contributed by atoms with Crippen LogP contribution in [0.15, 0.2) is 0 Å². The van der Waals surface area contributed by atoms with Crippen LogP contribution < -0.4 is 16.0 Å². The highest BCUT2D eigenvalue weighted by Gasteiger charge is 2.33. The number of carbonyl (C=O) groups excluding carboxylic acids is 3. The van der Waals surface area contributed by atoms with Gasteiger partial charge in [-0.1, -0.05) is 20.8 Å². The second-order valence-corrected chi connectivity index (χ2v) is 7.49. The normalized spacial score (nSPS) is 12.6. The van der Waals surface area contributed by atoms with E-state index in [4.69, 9.17) is 9.47 Å². The summed E-state index contributed by atoms with van der Waals surface area (Å²) in [5.74, 6) is -0.662. The minimum atomic E-state index is -0.719. The van der Waals surface area contributed by atoms with Crippen LogP contribution in [0.1, 0.15) is 53.9 Å². The van der Waals surface area contributed by atoms with Crippen LogP contribution in [-0.2, 0) is 23.9 Å². The van der Waals surface area contributed by atoms with Crippen LogP contribution in [-0.4, -0.2) is 57.4 Å². The van der Waals surface area contributed by atoms with E-state index in [0.717, 1.165) is 0 Å². The summed E-state index contributed by atoms with van der Waals surface area (Å²) < 4.78 is 10.1. The molecule has 8 nitrogen and oxygen atoms in total. The molecule has 0 fully saturated rings. The molecule has 0 aliphatic heterocycles. The number of nitrogens with one attached hydrogen (secondary N) is 3. The monoisotopic (exact) mass is 387 g/mol. The van der Waals surface area contributed by atoms with E-state index < -0.39 is 5.41 Å². The Labute approximate surface area is 163 Å². The van der Waals surface area contributed by atoms with Crippen LogP contribution in [0.5, 0.6) is 0 Å². The van der Waals surface area contributed by atoms with Gasteiger partial charge in [-0.05, 0) is 26.7 Å². The lowest BCUT2D eigenvalue weighted by atomic mass is 9.80. The molecule has 0 aromatic heterocycles. The summed E-state index contributed by atoms with van der Waals surface area (Å²) in [6, 6.07) is 0.0668. The maximum atomic E-state index is 12.4. The first-order valence-corrected chi connectivity index (χ1v) is 9.56. The van der Waals surface area contributed by atoms with Crippen molar-refractivity contribution in [3.05, 3.63) is 0 Å². The number of rotatable bonds is 14. The first-order valence-electron chi connectivity index (χ1n) is 9.56. The quantitative estimate of drug-likeness (QED) is 0.307. The number of carbonyl (C=O) groups is 3. The molecule has 1 atom stereocenters. The van der Waals surface area contributed by atoms with Gasteiger partial charge in [0.05, 0.1) is 32.9 Å². The average molecular weight is 388 g/mol. The molecule has 158 valence electrons. The molecule has 0 saturated carbocycles. The Morgan fingerprint density at radius 3 is 2.26 bits per heavy atom. The summed E-state index contributed by atoms with van der Waals surface area (Å²) in [7, 11) is 1.58. The van der Waals surface area contributed by atoms with Crippen molar-refractivity contribution >= 4 is 17.7 Å².